The molecule has 2 N–H and O–H groups in total. The van der Waals surface area contributed by atoms with Crippen LogP contribution in [0.5, 0.6) is 0 Å². The topological polar surface area (TPSA) is 67.1 Å². The van der Waals surface area contributed by atoms with Gasteiger partial charge in [0.05, 0.1) is 6.54 Å². The fourth-order valence-corrected chi connectivity index (χ4v) is 3.44. The van der Waals surface area contributed by atoms with Crippen LogP contribution < -0.4 is 10.6 Å². The number of thiophene rings is 1. The Morgan fingerprint density at radius 3 is 2.56 bits per heavy atom. The van der Waals surface area contributed by atoms with Crippen molar-refractivity contribution in [2.24, 2.45) is 4.99 Å². The van der Waals surface area contributed by atoms with Gasteiger partial charge in [-0.2, -0.15) is 0 Å². The minimum Gasteiger partial charge on any atom is -0.357 e. The van der Waals surface area contributed by atoms with Crippen LogP contribution in [0.25, 0.3) is 5.69 Å². The number of halogens is 1. The van der Waals surface area contributed by atoms with Crippen LogP contribution in [0.3, 0.4) is 0 Å². The van der Waals surface area contributed by atoms with Crippen LogP contribution in [0.1, 0.15) is 29.4 Å². The van der Waals surface area contributed by atoms with Crippen molar-refractivity contribution in [1.82, 2.24) is 25.4 Å². The number of benzene rings is 1. The number of guanidine groups is 1. The maximum atomic E-state index is 4.66. The number of hydrogen-bond donors (Lipinski definition) is 2. The van der Waals surface area contributed by atoms with E-state index in [0.29, 0.717) is 6.54 Å². The van der Waals surface area contributed by atoms with E-state index in [9.17, 15) is 0 Å². The highest BCUT2D eigenvalue weighted by molar-refractivity contribution is 14.0. The molecule has 6 nitrogen and oxygen atoms in total. The Bertz CT molecular complexity index is 843. The van der Waals surface area contributed by atoms with Crippen molar-refractivity contribution in [1.29, 1.82) is 0 Å². The van der Waals surface area contributed by atoms with Crippen molar-refractivity contribution in [3.8, 4) is 5.69 Å². The molecule has 0 amide bonds. The van der Waals surface area contributed by atoms with Crippen molar-refractivity contribution >= 4 is 41.3 Å². The molecule has 0 unspecified atom stereocenters. The number of aromatic nitrogens is 3. The van der Waals surface area contributed by atoms with E-state index in [0.717, 1.165) is 37.0 Å². The highest BCUT2D eigenvalue weighted by Crippen LogP contribution is 2.16. The van der Waals surface area contributed by atoms with E-state index in [2.05, 4.69) is 51.8 Å². The Kier molecular flexibility index (Phi) is 8.73. The number of aryl methyl sites for hydroxylation is 1. The average Bonchev–Trinajstić information content (AvgIpc) is 3.34. The lowest BCUT2D eigenvalue weighted by atomic mass is 10.3. The van der Waals surface area contributed by atoms with E-state index in [4.69, 9.17) is 0 Å². The molecule has 0 aliphatic rings. The van der Waals surface area contributed by atoms with Gasteiger partial charge in [-0.25, -0.2) is 4.99 Å². The summed E-state index contributed by atoms with van der Waals surface area (Å²) < 4.78 is 1.96. The van der Waals surface area contributed by atoms with Gasteiger partial charge in [-0.1, -0.05) is 25.1 Å². The summed E-state index contributed by atoms with van der Waals surface area (Å²) in [6, 6.07) is 14.4. The molecule has 1 aromatic carbocycles. The van der Waals surface area contributed by atoms with Crippen molar-refractivity contribution in [3.63, 3.8) is 0 Å². The third-order valence-corrected chi connectivity index (χ3v) is 5.10. The number of para-hydroxylation sites is 1. The fourth-order valence-electron chi connectivity index (χ4n) is 2.54. The van der Waals surface area contributed by atoms with E-state index in [1.165, 1.54) is 9.75 Å². The zero-order valence-corrected chi connectivity index (χ0v) is 18.7. The zero-order chi connectivity index (χ0) is 18.2. The second-order valence-corrected chi connectivity index (χ2v) is 6.98. The monoisotopic (exact) mass is 496 g/mol. The molecule has 0 radical (unpaired) electrons. The van der Waals surface area contributed by atoms with Gasteiger partial charge in [-0.15, -0.1) is 45.5 Å². The Balaban J connectivity index is 0.00000261. The number of aliphatic imine (C=N–C) groups is 1. The van der Waals surface area contributed by atoms with Crippen LogP contribution in [-0.2, 0) is 19.5 Å². The summed E-state index contributed by atoms with van der Waals surface area (Å²) >= 11 is 1.84. The summed E-state index contributed by atoms with van der Waals surface area (Å²) in [5, 5.41) is 14.9. The van der Waals surface area contributed by atoms with Gasteiger partial charge in [0.2, 0.25) is 0 Å². The average molecular weight is 496 g/mol. The molecule has 3 rings (SSSR count). The Hall–Kier alpha value is -1.94. The standard InChI is InChI=1S/C19H24N6S.HI/c1-3-16-10-11-17(26-16)12-21-19(20-4-2)22-13-18-24-23-14-25(18)15-8-6-5-7-9-15;/h5-11,14H,3-4,12-13H2,1-2H3,(H2,20,21,22);1H. The van der Waals surface area contributed by atoms with Crippen LogP contribution in [-0.4, -0.2) is 27.3 Å². The second kappa shape index (κ2) is 11.0. The van der Waals surface area contributed by atoms with Gasteiger partial charge in [-0.05, 0) is 37.6 Å². The molecule has 27 heavy (non-hydrogen) atoms. The van der Waals surface area contributed by atoms with Gasteiger partial charge >= 0.3 is 0 Å². The zero-order valence-electron chi connectivity index (χ0n) is 15.6. The Morgan fingerprint density at radius 1 is 1.07 bits per heavy atom. The summed E-state index contributed by atoms with van der Waals surface area (Å²) in [4.78, 5) is 7.37. The van der Waals surface area contributed by atoms with E-state index in [1.54, 1.807) is 6.33 Å². The van der Waals surface area contributed by atoms with Gasteiger partial charge in [0, 0.05) is 22.0 Å². The van der Waals surface area contributed by atoms with Crippen LogP contribution >= 0.6 is 35.3 Å². The van der Waals surface area contributed by atoms with Gasteiger partial charge < -0.3 is 10.6 Å². The molecule has 0 saturated carbocycles. The van der Waals surface area contributed by atoms with E-state index in [-0.39, 0.29) is 24.0 Å². The van der Waals surface area contributed by atoms with Crippen molar-refractivity contribution in [2.75, 3.05) is 6.54 Å². The predicted octanol–water partition coefficient (Wildman–Crippen LogP) is 3.76. The van der Waals surface area contributed by atoms with Gasteiger partial charge in [0.15, 0.2) is 11.8 Å². The predicted molar refractivity (Wildman–Crippen MR) is 122 cm³/mol. The summed E-state index contributed by atoms with van der Waals surface area (Å²) in [5.41, 5.74) is 1.03. The smallest absolute Gasteiger partial charge is 0.191 e. The van der Waals surface area contributed by atoms with Gasteiger partial charge in [-0.3, -0.25) is 4.57 Å². The number of nitrogens with one attached hydrogen (secondary N) is 2. The lowest BCUT2D eigenvalue weighted by molar-refractivity contribution is 0.798. The van der Waals surface area contributed by atoms with Crippen molar-refractivity contribution in [2.45, 2.75) is 33.4 Å². The minimum atomic E-state index is 0. The lowest BCUT2D eigenvalue weighted by Gasteiger charge is -2.11. The molecule has 0 aliphatic carbocycles. The molecule has 3 aromatic rings. The molecule has 0 spiro atoms. The lowest BCUT2D eigenvalue weighted by Crippen LogP contribution is -2.36. The number of rotatable bonds is 7. The van der Waals surface area contributed by atoms with Crippen molar-refractivity contribution in [3.05, 3.63) is 64.4 Å². The highest BCUT2D eigenvalue weighted by atomic mass is 127. The SMILES string of the molecule is CCNC(=NCc1nncn1-c1ccccc1)NCc1ccc(CC)s1.I. The molecule has 0 atom stereocenters. The largest absolute Gasteiger partial charge is 0.357 e. The van der Waals surface area contributed by atoms with E-state index >= 15 is 0 Å². The molecule has 0 bridgehead atoms. The number of hydrogen-bond acceptors (Lipinski definition) is 4. The first-order valence-electron chi connectivity index (χ1n) is 8.84. The molecule has 144 valence electrons. The summed E-state index contributed by atoms with van der Waals surface area (Å²) in [7, 11) is 0. The molecule has 2 aromatic heterocycles. The Morgan fingerprint density at radius 2 is 1.85 bits per heavy atom. The first-order valence-corrected chi connectivity index (χ1v) is 9.66. The normalized spacial score (nSPS) is 11.1. The number of nitrogens with zero attached hydrogens (tertiary/aromatic N) is 4. The third kappa shape index (κ3) is 6.03. The van der Waals surface area contributed by atoms with Crippen LogP contribution in [0.15, 0.2) is 53.8 Å². The van der Waals surface area contributed by atoms with Crippen molar-refractivity contribution < 1.29 is 0 Å². The van der Waals surface area contributed by atoms with Crippen LogP contribution in [0.2, 0.25) is 0 Å². The van der Waals surface area contributed by atoms with Crippen LogP contribution in [0.4, 0.5) is 0 Å². The molecular formula is C19H25IN6S. The quantitative estimate of drug-likeness (QED) is 0.297. The maximum Gasteiger partial charge on any atom is 0.191 e. The highest BCUT2D eigenvalue weighted by Gasteiger charge is 2.07. The molecule has 2 heterocycles. The summed E-state index contributed by atoms with van der Waals surface area (Å²) in [6.07, 6.45) is 2.80. The molecule has 0 fully saturated rings. The molecular weight excluding hydrogens is 471 g/mol. The van der Waals surface area contributed by atoms with Gasteiger partial charge in [0.25, 0.3) is 0 Å². The molecule has 0 aliphatic heterocycles. The van der Waals surface area contributed by atoms with E-state index < -0.39 is 0 Å². The van der Waals surface area contributed by atoms with E-state index in [1.807, 2.05) is 46.2 Å². The Labute approximate surface area is 181 Å². The van der Waals surface area contributed by atoms with Crippen LogP contribution in [0, 0.1) is 0 Å². The fraction of sp³-hybridized carbons (Fsp3) is 0.316. The summed E-state index contributed by atoms with van der Waals surface area (Å²) in [6.45, 7) is 6.26. The maximum absolute atomic E-state index is 4.66. The first kappa shape index (κ1) is 21.4. The minimum absolute atomic E-state index is 0. The second-order valence-electron chi connectivity index (χ2n) is 5.72. The first-order chi connectivity index (χ1) is 12.8. The third-order valence-electron chi connectivity index (χ3n) is 3.87. The molecule has 8 heteroatoms. The molecule has 0 saturated heterocycles. The van der Waals surface area contributed by atoms with Gasteiger partial charge in [0.1, 0.15) is 12.9 Å². The summed E-state index contributed by atoms with van der Waals surface area (Å²) in [5.74, 6) is 1.58.